The Hall–Kier alpha value is -1.55. The molecule has 0 unspecified atom stereocenters. The molecule has 0 bridgehead atoms. The van der Waals surface area contributed by atoms with Crippen LogP contribution in [0.3, 0.4) is 0 Å². The molecule has 18 heavy (non-hydrogen) atoms. The predicted octanol–water partition coefficient (Wildman–Crippen LogP) is 4.51. The number of hydrogen-bond donors (Lipinski definition) is 0. The number of rotatable bonds is 2. The minimum absolute atomic E-state index is 0.120. The maximum absolute atomic E-state index is 12.6. The third-order valence-corrected chi connectivity index (χ3v) is 2.75. The van der Waals surface area contributed by atoms with Gasteiger partial charge in [0.1, 0.15) is 5.69 Å². The van der Waals surface area contributed by atoms with Gasteiger partial charge in [0.15, 0.2) is 0 Å². The van der Waals surface area contributed by atoms with E-state index in [1.807, 2.05) is 0 Å². The molecule has 0 N–H and O–H groups in total. The number of pyridine rings is 1. The molecular formula is C13H9ClF3N. The lowest BCUT2D eigenvalue weighted by molar-refractivity contribution is -0.141. The second-order valence-electron chi connectivity index (χ2n) is 3.70. The Bertz CT molecular complexity index is 538. The Labute approximate surface area is 107 Å². The van der Waals surface area contributed by atoms with E-state index in [-0.39, 0.29) is 11.6 Å². The number of alkyl halides is 4. The van der Waals surface area contributed by atoms with E-state index in [0.717, 1.165) is 6.07 Å². The molecule has 0 spiro atoms. The van der Waals surface area contributed by atoms with Crippen LogP contribution in [0.15, 0.2) is 42.5 Å². The second kappa shape index (κ2) is 4.98. The summed E-state index contributed by atoms with van der Waals surface area (Å²) >= 11 is 5.73. The van der Waals surface area contributed by atoms with Crippen LogP contribution in [0.5, 0.6) is 0 Å². The van der Waals surface area contributed by atoms with E-state index in [0.29, 0.717) is 11.1 Å². The van der Waals surface area contributed by atoms with Crippen molar-refractivity contribution >= 4 is 11.6 Å². The summed E-state index contributed by atoms with van der Waals surface area (Å²) in [6, 6.07) is 11.0. The monoisotopic (exact) mass is 271 g/mol. The molecule has 0 atom stereocenters. The lowest BCUT2D eigenvalue weighted by Crippen LogP contribution is -2.09. The molecule has 0 fully saturated rings. The van der Waals surface area contributed by atoms with Crippen molar-refractivity contribution in [2.24, 2.45) is 0 Å². The van der Waals surface area contributed by atoms with Crippen LogP contribution in [0.2, 0.25) is 0 Å². The first-order valence-corrected chi connectivity index (χ1v) is 5.74. The van der Waals surface area contributed by atoms with Crippen molar-refractivity contribution in [3.63, 3.8) is 0 Å². The van der Waals surface area contributed by atoms with Gasteiger partial charge in [0.25, 0.3) is 0 Å². The largest absolute Gasteiger partial charge is 0.433 e. The van der Waals surface area contributed by atoms with Gasteiger partial charge in [-0.1, -0.05) is 36.4 Å². The molecule has 5 heteroatoms. The summed E-state index contributed by atoms with van der Waals surface area (Å²) in [5.74, 6) is 0.120. The Kier molecular flexibility index (Phi) is 3.57. The van der Waals surface area contributed by atoms with Crippen molar-refractivity contribution in [2.45, 2.75) is 12.1 Å². The Morgan fingerprint density at radius 1 is 1.00 bits per heavy atom. The standard InChI is InChI=1S/C13H9ClF3N/c14-8-10-6-7-11(13(15,16)17)18-12(10)9-4-2-1-3-5-9/h1-7H,8H2. The Morgan fingerprint density at radius 2 is 1.67 bits per heavy atom. The van der Waals surface area contributed by atoms with Gasteiger partial charge in [0, 0.05) is 11.4 Å². The summed E-state index contributed by atoms with van der Waals surface area (Å²) in [6.07, 6.45) is -4.45. The van der Waals surface area contributed by atoms with Gasteiger partial charge in [0.2, 0.25) is 0 Å². The molecule has 1 aromatic carbocycles. The highest BCUT2D eigenvalue weighted by molar-refractivity contribution is 6.17. The molecule has 0 aliphatic rings. The highest BCUT2D eigenvalue weighted by atomic mass is 35.5. The van der Waals surface area contributed by atoms with Crippen molar-refractivity contribution in [1.82, 2.24) is 4.98 Å². The number of nitrogens with zero attached hydrogens (tertiary/aromatic N) is 1. The third-order valence-electron chi connectivity index (χ3n) is 2.46. The molecule has 0 radical (unpaired) electrons. The summed E-state index contributed by atoms with van der Waals surface area (Å²) in [5.41, 5.74) is 0.575. The number of halogens is 4. The number of aromatic nitrogens is 1. The molecular weight excluding hydrogens is 263 g/mol. The summed E-state index contributed by atoms with van der Waals surface area (Å²) in [6.45, 7) is 0. The average molecular weight is 272 g/mol. The van der Waals surface area contributed by atoms with E-state index < -0.39 is 11.9 Å². The molecule has 1 aromatic heterocycles. The minimum atomic E-state index is -4.45. The predicted molar refractivity (Wildman–Crippen MR) is 64.2 cm³/mol. The maximum Gasteiger partial charge on any atom is 0.433 e. The molecule has 94 valence electrons. The van der Waals surface area contributed by atoms with Crippen LogP contribution in [-0.2, 0) is 12.1 Å². The van der Waals surface area contributed by atoms with Crippen molar-refractivity contribution < 1.29 is 13.2 Å². The average Bonchev–Trinajstić information content (AvgIpc) is 2.38. The molecule has 2 rings (SSSR count). The van der Waals surface area contributed by atoms with Crippen LogP contribution in [0.4, 0.5) is 13.2 Å². The van der Waals surface area contributed by atoms with Gasteiger partial charge < -0.3 is 0 Å². The molecule has 0 amide bonds. The van der Waals surface area contributed by atoms with Crippen LogP contribution in [0, 0.1) is 0 Å². The lowest BCUT2D eigenvalue weighted by Gasteiger charge is -2.11. The van der Waals surface area contributed by atoms with Crippen LogP contribution in [0.25, 0.3) is 11.3 Å². The third kappa shape index (κ3) is 2.64. The molecule has 0 saturated heterocycles. The van der Waals surface area contributed by atoms with E-state index >= 15 is 0 Å². The van der Waals surface area contributed by atoms with Crippen LogP contribution >= 0.6 is 11.6 Å². The van der Waals surface area contributed by atoms with Gasteiger partial charge in [-0.15, -0.1) is 11.6 Å². The zero-order valence-corrected chi connectivity index (χ0v) is 9.96. The Morgan fingerprint density at radius 3 is 2.22 bits per heavy atom. The molecule has 0 saturated carbocycles. The van der Waals surface area contributed by atoms with E-state index in [2.05, 4.69) is 4.98 Å². The van der Waals surface area contributed by atoms with Gasteiger partial charge in [-0.2, -0.15) is 13.2 Å². The van der Waals surface area contributed by atoms with Gasteiger partial charge in [0.05, 0.1) is 5.69 Å². The van der Waals surface area contributed by atoms with E-state index in [4.69, 9.17) is 11.6 Å². The molecule has 1 nitrogen and oxygen atoms in total. The normalized spacial score (nSPS) is 11.6. The molecule has 0 aliphatic carbocycles. The van der Waals surface area contributed by atoms with E-state index in [9.17, 15) is 13.2 Å². The molecule has 0 aliphatic heterocycles. The zero-order valence-electron chi connectivity index (χ0n) is 9.21. The van der Waals surface area contributed by atoms with Crippen molar-refractivity contribution in [3.8, 4) is 11.3 Å². The Balaban J connectivity index is 2.57. The molecule has 2 aromatic rings. The smallest absolute Gasteiger partial charge is 0.243 e. The fraction of sp³-hybridized carbons (Fsp3) is 0.154. The van der Waals surface area contributed by atoms with Crippen LogP contribution in [-0.4, -0.2) is 4.98 Å². The minimum Gasteiger partial charge on any atom is -0.243 e. The number of hydrogen-bond acceptors (Lipinski definition) is 1. The highest BCUT2D eigenvalue weighted by Gasteiger charge is 2.33. The van der Waals surface area contributed by atoms with Crippen molar-refractivity contribution in [3.05, 3.63) is 53.7 Å². The van der Waals surface area contributed by atoms with Gasteiger partial charge in [-0.05, 0) is 11.6 Å². The zero-order chi connectivity index (χ0) is 13.2. The topological polar surface area (TPSA) is 12.9 Å². The van der Waals surface area contributed by atoms with Crippen LogP contribution < -0.4 is 0 Å². The summed E-state index contributed by atoms with van der Waals surface area (Å²) in [7, 11) is 0. The highest BCUT2D eigenvalue weighted by Crippen LogP contribution is 2.31. The van der Waals surface area contributed by atoms with E-state index in [1.54, 1.807) is 30.3 Å². The lowest BCUT2D eigenvalue weighted by atomic mass is 10.1. The SMILES string of the molecule is FC(F)(F)c1ccc(CCl)c(-c2ccccc2)n1. The molecule has 1 heterocycles. The number of benzene rings is 1. The van der Waals surface area contributed by atoms with Gasteiger partial charge in [-0.3, -0.25) is 0 Å². The van der Waals surface area contributed by atoms with Crippen molar-refractivity contribution in [1.29, 1.82) is 0 Å². The summed E-state index contributed by atoms with van der Waals surface area (Å²) < 4.78 is 37.9. The summed E-state index contributed by atoms with van der Waals surface area (Å²) in [5, 5.41) is 0. The van der Waals surface area contributed by atoms with Gasteiger partial charge in [-0.25, -0.2) is 4.98 Å². The quantitative estimate of drug-likeness (QED) is 0.733. The fourth-order valence-electron chi connectivity index (χ4n) is 1.60. The van der Waals surface area contributed by atoms with Crippen LogP contribution in [0.1, 0.15) is 11.3 Å². The first-order chi connectivity index (χ1) is 8.52. The fourth-order valence-corrected chi connectivity index (χ4v) is 1.82. The first-order valence-electron chi connectivity index (χ1n) is 5.21. The summed E-state index contributed by atoms with van der Waals surface area (Å²) in [4.78, 5) is 3.68. The maximum atomic E-state index is 12.6. The van der Waals surface area contributed by atoms with Gasteiger partial charge >= 0.3 is 6.18 Å². The second-order valence-corrected chi connectivity index (χ2v) is 3.97. The van der Waals surface area contributed by atoms with Crippen molar-refractivity contribution in [2.75, 3.05) is 0 Å². The van der Waals surface area contributed by atoms with E-state index in [1.165, 1.54) is 6.07 Å². The first kappa shape index (κ1) is 12.9.